The third kappa shape index (κ3) is 5.50. The van der Waals surface area contributed by atoms with Gasteiger partial charge < -0.3 is 21.1 Å². The van der Waals surface area contributed by atoms with Gasteiger partial charge >= 0.3 is 0 Å². The van der Waals surface area contributed by atoms with Gasteiger partial charge in [-0.2, -0.15) is 0 Å². The van der Waals surface area contributed by atoms with Gasteiger partial charge in [0, 0.05) is 30.8 Å². The van der Waals surface area contributed by atoms with Gasteiger partial charge in [0.1, 0.15) is 0 Å². The first-order chi connectivity index (χ1) is 9.17. The van der Waals surface area contributed by atoms with Crippen LogP contribution in [0, 0.1) is 0 Å². The Kier molecular flexibility index (Phi) is 6.56. The second-order valence-corrected chi connectivity index (χ2v) is 3.96. The van der Waals surface area contributed by atoms with Gasteiger partial charge in [0.05, 0.1) is 6.61 Å². The van der Waals surface area contributed by atoms with E-state index in [1.54, 1.807) is 31.3 Å². The van der Waals surface area contributed by atoms with Crippen LogP contribution in [-0.2, 0) is 4.79 Å². The molecule has 0 aromatic heterocycles. The average Bonchev–Trinajstić information content (AvgIpc) is 2.43. The molecule has 0 aliphatic heterocycles. The molecule has 0 atom stereocenters. The summed E-state index contributed by atoms with van der Waals surface area (Å²) in [7, 11) is 1.78. The minimum absolute atomic E-state index is 0.0770. The topological polar surface area (TPSA) is 90.5 Å². The lowest BCUT2D eigenvalue weighted by atomic mass is 10.2. The number of hydrogen-bond acceptors (Lipinski definition) is 4. The normalized spacial score (nSPS) is 10.0. The molecular formula is C13H19N3O3. The van der Waals surface area contributed by atoms with E-state index in [1.165, 1.54) is 0 Å². The zero-order valence-corrected chi connectivity index (χ0v) is 10.9. The van der Waals surface area contributed by atoms with Crippen molar-refractivity contribution in [2.45, 2.75) is 6.42 Å². The van der Waals surface area contributed by atoms with Crippen LogP contribution in [-0.4, -0.2) is 43.7 Å². The minimum Gasteiger partial charge on any atom is -0.395 e. The molecule has 0 unspecified atom stereocenters. The lowest BCUT2D eigenvalue weighted by Crippen LogP contribution is -2.26. The summed E-state index contributed by atoms with van der Waals surface area (Å²) >= 11 is 0. The summed E-state index contributed by atoms with van der Waals surface area (Å²) in [5, 5.41) is 16.8. The summed E-state index contributed by atoms with van der Waals surface area (Å²) in [6, 6.07) is 6.59. The highest BCUT2D eigenvalue weighted by Crippen LogP contribution is 2.09. The standard InChI is InChI=1S/C13H19N3O3/c1-14-7-6-12(18)16-11-4-2-10(3-5-11)13(19)15-8-9-17/h2-5,14,17H,6-9H2,1H3,(H,15,19)(H,16,18). The average molecular weight is 265 g/mol. The fraction of sp³-hybridized carbons (Fsp3) is 0.385. The Morgan fingerprint density at radius 2 is 1.84 bits per heavy atom. The van der Waals surface area contributed by atoms with Crippen molar-refractivity contribution >= 4 is 17.5 Å². The summed E-state index contributed by atoms with van der Waals surface area (Å²) in [5.74, 6) is -0.325. The van der Waals surface area contributed by atoms with Crippen molar-refractivity contribution in [3.63, 3.8) is 0 Å². The van der Waals surface area contributed by atoms with Gasteiger partial charge in [-0.15, -0.1) is 0 Å². The first kappa shape index (κ1) is 15.1. The maximum absolute atomic E-state index is 11.6. The third-order valence-electron chi connectivity index (χ3n) is 2.43. The molecule has 1 rings (SSSR count). The maximum atomic E-state index is 11.6. The molecule has 0 saturated carbocycles. The van der Waals surface area contributed by atoms with E-state index in [9.17, 15) is 9.59 Å². The summed E-state index contributed by atoms with van der Waals surface area (Å²) in [5.41, 5.74) is 1.14. The second-order valence-electron chi connectivity index (χ2n) is 3.96. The van der Waals surface area contributed by atoms with Crippen LogP contribution in [0.1, 0.15) is 16.8 Å². The van der Waals surface area contributed by atoms with E-state index in [0.717, 1.165) is 0 Å². The van der Waals surface area contributed by atoms with Crippen molar-refractivity contribution in [2.24, 2.45) is 0 Å². The molecule has 104 valence electrons. The number of anilines is 1. The smallest absolute Gasteiger partial charge is 0.251 e. The molecule has 0 saturated heterocycles. The van der Waals surface area contributed by atoms with Crippen molar-refractivity contribution in [1.29, 1.82) is 0 Å². The number of amides is 2. The summed E-state index contributed by atoms with van der Waals surface area (Å²) in [6.45, 7) is 0.750. The summed E-state index contributed by atoms with van der Waals surface area (Å²) in [6.07, 6.45) is 0.398. The molecule has 2 amide bonds. The number of hydrogen-bond donors (Lipinski definition) is 4. The molecule has 1 aromatic carbocycles. The predicted molar refractivity (Wildman–Crippen MR) is 73.0 cm³/mol. The van der Waals surface area contributed by atoms with Crippen LogP contribution in [0.2, 0.25) is 0 Å². The Balaban J connectivity index is 2.51. The number of nitrogens with one attached hydrogen (secondary N) is 3. The van der Waals surface area contributed by atoms with Crippen molar-refractivity contribution in [1.82, 2.24) is 10.6 Å². The predicted octanol–water partition coefficient (Wildman–Crippen LogP) is -0.0433. The largest absolute Gasteiger partial charge is 0.395 e. The molecule has 0 bridgehead atoms. The van der Waals surface area contributed by atoms with Gasteiger partial charge in [0.15, 0.2) is 0 Å². The highest BCUT2D eigenvalue weighted by Gasteiger charge is 2.05. The van der Waals surface area contributed by atoms with Crippen LogP contribution in [0.5, 0.6) is 0 Å². The minimum atomic E-state index is -0.248. The van der Waals surface area contributed by atoms with Crippen molar-refractivity contribution in [2.75, 3.05) is 32.1 Å². The van der Waals surface area contributed by atoms with E-state index < -0.39 is 0 Å². The second kappa shape index (κ2) is 8.23. The van der Waals surface area contributed by atoms with Crippen molar-refractivity contribution < 1.29 is 14.7 Å². The highest BCUT2D eigenvalue weighted by atomic mass is 16.3. The van der Waals surface area contributed by atoms with Crippen LogP contribution < -0.4 is 16.0 Å². The lowest BCUT2D eigenvalue weighted by Gasteiger charge is -2.07. The fourth-order valence-electron chi connectivity index (χ4n) is 1.44. The quantitative estimate of drug-likeness (QED) is 0.556. The molecule has 0 aliphatic rings. The molecule has 0 fully saturated rings. The molecular weight excluding hydrogens is 246 g/mol. The van der Waals surface area contributed by atoms with Gasteiger partial charge in [-0.05, 0) is 31.3 Å². The number of benzene rings is 1. The third-order valence-corrected chi connectivity index (χ3v) is 2.43. The molecule has 4 N–H and O–H groups in total. The number of carbonyl (C=O) groups excluding carboxylic acids is 2. The van der Waals surface area contributed by atoms with E-state index in [4.69, 9.17) is 5.11 Å². The van der Waals surface area contributed by atoms with E-state index in [0.29, 0.717) is 24.2 Å². The van der Waals surface area contributed by atoms with Crippen molar-refractivity contribution in [3.8, 4) is 0 Å². The Morgan fingerprint density at radius 3 is 2.42 bits per heavy atom. The van der Waals surface area contributed by atoms with Crippen LogP contribution in [0.3, 0.4) is 0 Å². The molecule has 19 heavy (non-hydrogen) atoms. The number of carbonyl (C=O) groups is 2. The summed E-state index contributed by atoms with van der Waals surface area (Å²) < 4.78 is 0. The van der Waals surface area contributed by atoms with Crippen LogP contribution in [0.4, 0.5) is 5.69 Å². The number of aliphatic hydroxyl groups is 1. The van der Waals surface area contributed by atoms with Gasteiger partial charge in [0.2, 0.25) is 5.91 Å². The first-order valence-electron chi connectivity index (χ1n) is 6.11. The number of rotatable bonds is 7. The fourth-order valence-corrected chi connectivity index (χ4v) is 1.44. The molecule has 6 heteroatoms. The van der Waals surface area contributed by atoms with E-state index >= 15 is 0 Å². The van der Waals surface area contributed by atoms with E-state index in [-0.39, 0.29) is 25.0 Å². The van der Waals surface area contributed by atoms with Crippen LogP contribution >= 0.6 is 0 Å². The zero-order valence-electron chi connectivity index (χ0n) is 10.9. The van der Waals surface area contributed by atoms with Gasteiger partial charge in [-0.3, -0.25) is 9.59 Å². The maximum Gasteiger partial charge on any atom is 0.251 e. The van der Waals surface area contributed by atoms with Crippen LogP contribution in [0.25, 0.3) is 0 Å². The Labute approximate surface area is 112 Å². The Hall–Kier alpha value is -1.92. The molecule has 0 spiro atoms. The van der Waals surface area contributed by atoms with Gasteiger partial charge in [0.25, 0.3) is 5.91 Å². The van der Waals surface area contributed by atoms with E-state index in [2.05, 4.69) is 16.0 Å². The molecule has 1 aromatic rings. The number of aliphatic hydroxyl groups excluding tert-OH is 1. The first-order valence-corrected chi connectivity index (χ1v) is 6.11. The highest BCUT2D eigenvalue weighted by molar-refractivity contribution is 5.95. The lowest BCUT2D eigenvalue weighted by molar-refractivity contribution is -0.116. The van der Waals surface area contributed by atoms with Gasteiger partial charge in [-0.1, -0.05) is 0 Å². The SMILES string of the molecule is CNCCC(=O)Nc1ccc(C(=O)NCCO)cc1. The van der Waals surface area contributed by atoms with Crippen molar-refractivity contribution in [3.05, 3.63) is 29.8 Å². The molecule has 0 heterocycles. The van der Waals surface area contributed by atoms with E-state index in [1.807, 2.05) is 0 Å². The molecule has 0 radical (unpaired) electrons. The van der Waals surface area contributed by atoms with Crippen LogP contribution in [0.15, 0.2) is 24.3 Å². The Bertz CT molecular complexity index is 418. The monoisotopic (exact) mass is 265 g/mol. The Morgan fingerprint density at radius 1 is 1.16 bits per heavy atom. The molecule has 0 aliphatic carbocycles. The molecule has 6 nitrogen and oxygen atoms in total. The van der Waals surface area contributed by atoms with Gasteiger partial charge in [-0.25, -0.2) is 0 Å². The zero-order chi connectivity index (χ0) is 14.1. The summed E-state index contributed by atoms with van der Waals surface area (Å²) in [4.78, 5) is 23.0.